The first kappa shape index (κ1) is 32.4. The lowest BCUT2D eigenvalue weighted by Gasteiger charge is -2.39. The van der Waals surface area contributed by atoms with Crippen LogP contribution in [0.1, 0.15) is 95.8 Å². The summed E-state index contributed by atoms with van der Waals surface area (Å²) in [5.41, 5.74) is 4.47. The maximum atomic E-state index is 12.2. The predicted molar refractivity (Wildman–Crippen MR) is 164 cm³/mol. The third-order valence-electron chi connectivity index (χ3n) is 7.55. The fourth-order valence-electron chi connectivity index (χ4n) is 4.87. The maximum Gasteiger partial charge on any atom is 0.227 e. The second-order valence-electron chi connectivity index (χ2n) is 10.8. The Kier molecular flexibility index (Phi) is 14.1. The van der Waals surface area contributed by atoms with Gasteiger partial charge in [-0.15, -0.1) is 0 Å². The largest absolute Gasteiger partial charge is 0.858 e. The van der Waals surface area contributed by atoms with Gasteiger partial charge in [0.05, 0.1) is 44.3 Å². The SMILES string of the molecule is CCCC[N+](CCCC)(CCCC)CCCC.COc1cccc(/C([O-])=N/c2nc3cc(C)c(C)cc3[nH]2)c1. The molecular weight excluding hydrogens is 484 g/mol. The van der Waals surface area contributed by atoms with Crippen LogP contribution in [-0.2, 0) is 0 Å². The first-order valence-corrected chi connectivity index (χ1v) is 15.0. The minimum absolute atomic E-state index is 0.313. The van der Waals surface area contributed by atoms with E-state index in [9.17, 15) is 5.11 Å². The molecule has 1 aromatic heterocycles. The summed E-state index contributed by atoms with van der Waals surface area (Å²) in [6, 6.07) is 10.9. The Bertz CT molecular complexity index is 1080. The predicted octanol–water partition coefficient (Wildman–Crippen LogP) is 7.63. The molecule has 1 heterocycles. The molecule has 0 saturated carbocycles. The molecule has 3 rings (SSSR count). The third kappa shape index (κ3) is 10.3. The standard InChI is InChI=1S/C17H17N3O2.C16H36N/c1-10-7-14-15(8-11(10)2)19-17(18-14)20-16(21)12-5-4-6-13(9-12)22-3;1-5-9-13-17(14-10-6-2,15-11-7-3)16-12-8-4/h4-9H,1-3H3,(H2,18,19,20,21);5-16H2,1-4H3/q;+1/p-1. The van der Waals surface area contributed by atoms with Crippen molar-refractivity contribution in [1.29, 1.82) is 0 Å². The number of aryl methyl sites for hydroxylation is 2. The minimum Gasteiger partial charge on any atom is -0.858 e. The lowest BCUT2D eigenvalue weighted by atomic mass is 10.1. The molecule has 0 aliphatic heterocycles. The van der Waals surface area contributed by atoms with Crippen LogP contribution in [0.2, 0.25) is 0 Å². The first-order chi connectivity index (χ1) is 18.8. The van der Waals surface area contributed by atoms with Crippen molar-refractivity contribution in [3.63, 3.8) is 0 Å². The Hall–Kier alpha value is -2.86. The highest BCUT2D eigenvalue weighted by Crippen LogP contribution is 2.21. The third-order valence-corrected chi connectivity index (χ3v) is 7.55. The Morgan fingerprint density at radius 1 is 0.846 bits per heavy atom. The molecule has 0 unspecified atom stereocenters. The number of nitrogens with zero attached hydrogens (tertiary/aromatic N) is 3. The van der Waals surface area contributed by atoms with E-state index in [2.05, 4.69) is 42.7 Å². The molecule has 0 fully saturated rings. The highest BCUT2D eigenvalue weighted by atomic mass is 16.5. The van der Waals surface area contributed by atoms with Gasteiger partial charge < -0.3 is 19.3 Å². The summed E-state index contributed by atoms with van der Waals surface area (Å²) in [7, 11) is 1.56. The fraction of sp³-hybridized carbons (Fsp3) is 0.576. The van der Waals surface area contributed by atoms with Crippen LogP contribution in [0.3, 0.4) is 0 Å². The number of imidazole rings is 1. The van der Waals surface area contributed by atoms with E-state index in [1.165, 1.54) is 87.6 Å². The maximum absolute atomic E-state index is 12.2. The zero-order valence-electron chi connectivity index (χ0n) is 25.6. The lowest BCUT2D eigenvalue weighted by molar-refractivity contribution is -0.929. The van der Waals surface area contributed by atoms with Gasteiger partial charge >= 0.3 is 0 Å². The molecule has 0 aliphatic rings. The number of aromatic nitrogens is 2. The average Bonchev–Trinajstić information content (AvgIpc) is 3.33. The molecule has 3 aromatic rings. The smallest absolute Gasteiger partial charge is 0.227 e. The Balaban J connectivity index is 0.000000285. The Labute approximate surface area is 237 Å². The molecule has 1 N–H and O–H groups in total. The van der Waals surface area contributed by atoms with E-state index >= 15 is 0 Å². The van der Waals surface area contributed by atoms with Gasteiger partial charge in [0, 0.05) is 0 Å². The monoisotopic (exact) mass is 536 g/mol. The minimum atomic E-state index is -0.355. The van der Waals surface area contributed by atoms with Crippen LogP contribution in [0.5, 0.6) is 5.75 Å². The molecule has 0 radical (unpaired) electrons. The quantitative estimate of drug-likeness (QED) is 0.123. The zero-order chi connectivity index (χ0) is 28.7. The lowest BCUT2D eigenvalue weighted by Crippen LogP contribution is -2.50. The molecule has 39 heavy (non-hydrogen) atoms. The number of rotatable bonds is 15. The van der Waals surface area contributed by atoms with Crippen molar-refractivity contribution >= 4 is 22.9 Å². The second-order valence-corrected chi connectivity index (χ2v) is 10.8. The highest BCUT2D eigenvalue weighted by molar-refractivity contribution is 5.93. The number of aromatic amines is 1. The zero-order valence-corrected chi connectivity index (χ0v) is 25.6. The normalized spacial score (nSPS) is 11.9. The van der Waals surface area contributed by atoms with Crippen molar-refractivity contribution in [1.82, 2.24) is 9.97 Å². The number of quaternary nitrogens is 1. The highest BCUT2D eigenvalue weighted by Gasteiger charge is 2.24. The summed E-state index contributed by atoms with van der Waals surface area (Å²) in [5, 5.41) is 12.2. The van der Waals surface area contributed by atoms with Crippen LogP contribution in [0.15, 0.2) is 41.4 Å². The van der Waals surface area contributed by atoms with E-state index in [0.29, 0.717) is 17.3 Å². The Morgan fingerprint density at radius 2 is 1.38 bits per heavy atom. The molecule has 2 aromatic carbocycles. The average molecular weight is 537 g/mol. The van der Waals surface area contributed by atoms with Crippen molar-refractivity contribution in [3.05, 3.63) is 53.1 Å². The van der Waals surface area contributed by atoms with Crippen molar-refractivity contribution < 1.29 is 14.3 Å². The molecular formula is C33H52N4O2. The van der Waals surface area contributed by atoms with Crippen molar-refractivity contribution in [2.24, 2.45) is 4.99 Å². The van der Waals surface area contributed by atoms with Crippen LogP contribution in [-0.4, -0.2) is 53.6 Å². The van der Waals surface area contributed by atoms with Crippen molar-refractivity contribution in [2.45, 2.75) is 92.9 Å². The summed E-state index contributed by atoms with van der Waals surface area (Å²) in [6.07, 6.45) is 11.1. The van der Waals surface area contributed by atoms with Gasteiger partial charge in [0.2, 0.25) is 5.95 Å². The van der Waals surface area contributed by atoms with Gasteiger partial charge in [-0.3, -0.25) is 0 Å². The van der Waals surface area contributed by atoms with E-state index < -0.39 is 0 Å². The summed E-state index contributed by atoms with van der Waals surface area (Å²) < 4.78 is 6.53. The van der Waals surface area contributed by atoms with Crippen molar-refractivity contribution in [2.75, 3.05) is 33.3 Å². The van der Waals surface area contributed by atoms with E-state index in [1.54, 1.807) is 31.4 Å². The van der Waals surface area contributed by atoms with Gasteiger partial charge in [-0.2, -0.15) is 0 Å². The number of unbranched alkanes of at least 4 members (excludes halogenated alkanes) is 4. The number of fused-ring (bicyclic) bond motifs is 1. The number of hydrogen-bond donors (Lipinski definition) is 1. The van der Waals surface area contributed by atoms with Gasteiger partial charge in [0.25, 0.3) is 0 Å². The molecule has 0 atom stereocenters. The van der Waals surface area contributed by atoms with Crippen LogP contribution in [0, 0.1) is 13.8 Å². The molecule has 6 nitrogen and oxygen atoms in total. The molecule has 0 saturated heterocycles. The molecule has 0 bridgehead atoms. The summed E-state index contributed by atoms with van der Waals surface area (Å²) in [6.45, 7) is 19.1. The number of H-pyrrole nitrogens is 1. The number of nitrogens with one attached hydrogen (secondary N) is 1. The van der Waals surface area contributed by atoms with Gasteiger partial charge in [0.15, 0.2) is 0 Å². The first-order valence-electron chi connectivity index (χ1n) is 15.0. The van der Waals surface area contributed by atoms with Crippen molar-refractivity contribution in [3.8, 4) is 5.75 Å². The Morgan fingerprint density at radius 3 is 1.90 bits per heavy atom. The van der Waals surface area contributed by atoms with E-state index in [4.69, 9.17) is 4.74 Å². The number of aliphatic imine (C=N–C) groups is 1. The van der Waals surface area contributed by atoms with Crippen LogP contribution in [0.25, 0.3) is 11.0 Å². The van der Waals surface area contributed by atoms with Gasteiger partial charge in [-0.1, -0.05) is 65.5 Å². The van der Waals surface area contributed by atoms with E-state index in [-0.39, 0.29) is 5.90 Å². The number of methoxy groups -OCH3 is 1. The molecule has 216 valence electrons. The fourth-order valence-corrected chi connectivity index (χ4v) is 4.87. The van der Waals surface area contributed by atoms with Crippen LogP contribution >= 0.6 is 0 Å². The number of ether oxygens (including phenoxy) is 1. The number of hydrogen-bond acceptors (Lipinski definition) is 4. The van der Waals surface area contributed by atoms with Gasteiger partial charge in [0.1, 0.15) is 5.75 Å². The number of benzene rings is 2. The summed E-state index contributed by atoms with van der Waals surface area (Å²) in [4.78, 5) is 11.5. The van der Waals surface area contributed by atoms with Gasteiger partial charge in [-0.05, 0) is 86.4 Å². The van der Waals surface area contributed by atoms with Gasteiger partial charge in [-0.25, -0.2) is 9.98 Å². The van der Waals surface area contributed by atoms with Crippen LogP contribution in [0.4, 0.5) is 5.95 Å². The molecule has 0 spiro atoms. The topological polar surface area (TPSA) is 73.3 Å². The summed E-state index contributed by atoms with van der Waals surface area (Å²) in [5.74, 6) is 0.580. The molecule has 0 amide bonds. The second kappa shape index (κ2) is 17.0. The van der Waals surface area contributed by atoms with E-state index in [1.807, 2.05) is 26.0 Å². The molecule has 6 heteroatoms. The summed E-state index contributed by atoms with van der Waals surface area (Å²) >= 11 is 0. The van der Waals surface area contributed by atoms with E-state index in [0.717, 1.165) is 16.6 Å². The molecule has 0 aliphatic carbocycles. The van der Waals surface area contributed by atoms with Crippen LogP contribution < -0.4 is 9.84 Å².